The summed E-state index contributed by atoms with van der Waals surface area (Å²) in [5.41, 5.74) is 2.60. The number of rotatable bonds is 5. The summed E-state index contributed by atoms with van der Waals surface area (Å²) in [6, 6.07) is 0.305. The predicted octanol–water partition coefficient (Wildman–Crippen LogP) is 3.08. The Morgan fingerprint density at radius 1 is 1.50 bits per heavy atom. The molecule has 0 fully saturated rings. The fraction of sp³-hybridized carbons (Fsp3) is 0.667. The minimum Gasteiger partial charge on any atom is -0.305 e. The second kappa shape index (κ2) is 6.11. The van der Waals surface area contributed by atoms with Gasteiger partial charge in [-0.15, -0.1) is 0 Å². The second-order valence-electron chi connectivity index (χ2n) is 4.24. The van der Waals surface area contributed by atoms with Crippen molar-refractivity contribution in [3.63, 3.8) is 0 Å². The van der Waals surface area contributed by atoms with Crippen molar-refractivity contribution in [3.05, 3.63) is 23.5 Å². The Morgan fingerprint density at radius 3 is 3.06 bits per heavy atom. The van der Waals surface area contributed by atoms with Crippen LogP contribution in [0.5, 0.6) is 0 Å². The van der Waals surface area contributed by atoms with Crippen molar-refractivity contribution in [2.24, 2.45) is 0 Å². The van der Waals surface area contributed by atoms with Gasteiger partial charge in [-0.3, -0.25) is 0 Å². The topological polar surface area (TPSA) is 37.8 Å². The van der Waals surface area contributed by atoms with Gasteiger partial charge in [-0.05, 0) is 38.6 Å². The first-order valence-electron chi connectivity index (χ1n) is 6.11. The summed E-state index contributed by atoms with van der Waals surface area (Å²) in [6.45, 7) is 3.23. The summed E-state index contributed by atoms with van der Waals surface area (Å²) in [5, 5.41) is 3.58. The third-order valence-electron chi connectivity index (χ3n) is 2.97. The third kappa shape index (κ3) is 2.89. The Morgan fingerprint density at radius 2 is 2.44 bits per heavy atom. The minimum absolute atomic E-state index is 0.305. The Hall–Kier alpha value is -0.740. The van der Waals surface area contributed by atoms with Crippen LogP contribution in [0.4, 0.5) is 0 Å². The molecule has 1 aromatic rings. The number of nitrogens with zero attached hydrogens (tertiary/aromatic N) is 2. The summed E-state index contributed by atoms with van der Waals surface area (Å²) in [7, 11) is 0. The molecule has 2 rings (SSSR count). The van der Waals surface area contributed by atoms with Crippen molar-refractivity contribution in [2.75, 3.05) is 6.54 Å². The SMILES string of the molecule is CCCNC(C1=CCCCC1)c1cnsn1. The van der Waals surface area contributed by atoms with Crippen molar-refractivity contribution in [2.45, 2.75) is 45.1 Å². The van der Waals surface area contributed by atoms with Gasteiger partial charge in [-0.1, -0.05) is 18.6 Å². The standard InChI is InChI=1S/C12H19N3S/c1-2-8-13-12(11-9-14-16-15-11)10-6-4-3-5-7-10/h6,9,12-13H,2-5,7-8H2,1H3. The van der Waals surface area contributed by atoms with E-state index >= 15 is 0 Å². The molecule has 1 N–H and O–H groups in total. The first-order valence-corrected chi connectivity index (χ1v) is 6.84. The van der Waals surface area contributed by atoms with Gasteiger partial charge in [0, 0.05) is 0 Å². The molecule has 3 nitrogen and oxygen atoms in total. The van der Waals surface area contributed by atoms with Crippen molar-refractivity contribution in [1.29, 1.82) is 0 Å². The molecule has 1 aliphatic carbocycles. The number of nitrogens with one attached hydrogen (secondary N) is 1. The molecule has 1 aromatic heterocycles. The van der Waals surface area contributed by atoms with Gasteiger partial charge in [0.15, 0.2) is 0 Å². The largest absolute Gasteiger partial charge is 0.305 e. The fourth-order valence-electron chi connectivity index (χ4n) is 2.14. The van der Waals surface area contributed by atoms with E-state index in [4.69, 9.17) is 0 Å². The summed E-state index contributed by atoms with van der Waals surface area (Å²) in [4.78, 5) is 0. The molecule has 0 radical (unpaired) electrons. The first kappa shape index (κ1) is 11.7. The number of hydrogen-bond acceptors (Lipinski definition) is 4. The Bertz CT molecular complexity index is 332. The van der Waals surface area contributed by atoms with E-state index in [0.717, 1.165) is 18.7 Å². The van der Waals surface area contributed by atoms with Gasteiger partial charge in [0.25, 0.3) is 0 Å². The van der Waals surface area contributed by atoms with Crippen LogP contribution in [0.3, 0.4) is 0 Å². The van der Waals surface area contributed by atoms with Gasteiger partial charge >= 0.3 is 0 Å². The summed E-state index contributed by atoms with van der Waals surface area (Å²) in [5.74, 6) is 0. The average Bonchev–Trinajstić information content (AvgIpc) is 2.85. The molecule has 0 spiro atoms. The van der Waals surface area contributed by atoms with E-state index in [1.807, 2.05) is 6.20 Å². The smallest absolute Gasteiger partial charge is 0.0954 e. The highest BCUT2D eigenvalue weighted by atomic mass is 32.1. The zero-order chi connectivity index (χ0) is 11.2. The van der Waals surface area contributed by atoms with Crippen molar-refractivity contribution >= 4 is 11.7 Å². The number of allylic oxidation sites excluding steroid dienone is 1. The highest BCUT2D eigenvalue weighted by Crippen LogP contribution is 2.28. The minimum atomic E-state index is 0.305. The monoisotopic (exact) mass is 237 g/mol. The lowest BCUT2D eigenvalue weighted by atomic mass is 9.92. The number of aromatic nitrogens is 2. The summed E-state index contributed by atoms with van der Waals surface area (Å²) >= 11 is 1.30. The second-order valence-corrected chi connectivity index (χ2v) is 4.80. The van der Waals surface area contributed by atoms with E-state index in [1.165, 1.54) is 43.0 Å². The van der Waals surface area contributed by atoms with E-state index in [-0.39, 0.29) is 0 Å². The lowest BCUT2D eigenvalue weighted by Crippen LogP contribution is -2.25. The van der Waals surface area contributed by atoms with E-state index in [2.05, 4.69) is 27.1 Å². The van der Waals surface area contributed by atoms with Gasteiger partial charge in [0.05, 0.1) is 29.7 Å². The normalized spacial score (nSPS) is 18.2. The molecule has 1 aliphatic rings. The Kier molecular flexibility index (Phi) is 4.48. The molecule has 16 heavy (non-hydrogen) atoms. The Labute approximate surface area is 101 Å². The van der Waals surface area contributed by atoms with Crippen LogP contribution in [0.15, 0.2) is 17.8 Å². The van der Waals surface area contributed by atoms with Crippen LogP contribution in [-0.2, 0) is 0 Å². The van der Waals surface area contributed by atoms with Crippen LogP contribution in [-0.4, -0.2) is 15.3 Å². The molecule has 1 unspecified atom stereocenters. The van der Waals surface area contributed by atoms with Crippen LogP contribution in [0.25, 0.3) is 0 Å². The number of hydrogen-bond donors (Lipinski definition) is 1. The maximum atomic E-state index is 4.37. The Balaban J connectivity index is 2.10. The van der Waals surface area contributed by atoms with Crippen molar-refractivity contribution in [1.82, 2.24) is 14.1 Å². The van der Waals surface area contributed by atoms with Crippen LogP contribution >= 0.6 is 11.7 Å². The van der Waals surface area contributed by atoms with Gasteiger partial charge < -0.3 is 5.32 Å². The molecule has 0 saturated carbocycles. The van der Waals surface area contributed by atoms with Crippen LogP contribution in [0.1, 0.15) is 50.8 Å². The zero-order valence-corrected chi connectivity index (χ0v) is 10.6. The molecule has 1 atom stereocenters. The highest BCUT2D eigenvalue weighted by molar-refractivity contribution is 6.99. The highest BCUT2D eigenvalue weighted by Gasteiger charge is 2.19. The average molecular weight is 237 g/mol. The third-order valence-corrected chi connectivity index (χ3v) is 3.46. The lowest BCUT2D eigenvalue weighted by Gasteiger charge is -2.22. The van der Waals surface area contributed by atoms with Crippen molar-refractivity contribution < 1.29 is 0 Å². The molecule has 0 saturated heterocycles. The maximum absolute atomic E-state index is 4.37. The zero-order valence-electron chi connectivity index (χ0n) is 9.78. The van der Waals surface area contributed by atoms with E-state index in [9.17, 15) is 0 Å². The van der Waals surface area contributed by atoms with E-state index in [0.29, 0.717) is 6.04 Å². The van der Waals surface area contributed by atoms with Crippen LogP contribution in [0.2, 0.25) is 0 Å². The van der Waals surface area contributed by atoms with Crippen LogP contribution in [0, 0.1) is 0 Å². The quantitative estimate of drug-likeness (QED) is 0.800. The molecule has 1 heterocycles. The van der Waals surface area contributed by atoms with Gasteiger partial charge in [0.2, 0.25) is 0 Å². The fourth-order valence-corrected chi connectivity index (χ4v) is 2.59. The maximum Gasteiger partial charge on any atom is 0.0954 e. The summed E-state index contributed by atoms with van der Waals surface area (Å²) < 4.78 is 8.48. The molecule has 0 bridgehead atoms. The molecular weight excluding hydrogens is 218 g/mol. The van der Waals surface area contributed by atoms with E-state index < -0.39 is 0 Å². The molecular formula is C12H19N3S. The lowest BCUT2D eigenvalue weighted by molar-refractivity contribution is 0.540. The van der Waals surface area contributed by atoms with Gasteiger partial charge in [-0.25, -0.2) is 0 Å². The van der Waals surface area contributed by atoms with Gasteiger partial charge in [-0.2, -0.15) is 8.75 Å². The predicted molar refractivity (Wildman–Crippen MR) is 67.5 cm³/mol. The first-order chi connectivity index (χ1) is 7.92. The molecule has 88 valence electrons. The summed E-state index contributed by atoms with van der Waals surface area (Å²) in [6.07, 6.45) is 10.5. The molecule has 0 aliphatic heterocycles. The van der Waals surface area contributed by atoms with Crippen LogP contribution < -0.4 is 5.32 Å². The van der Waals surface area contributed by atoms with E-state index in [1.54, 1.807) is 0 Å². The molecule has 0 amide bonds. The van der Waals surface area contributed by atoms with Gasteiger partial charge in [0.1, 0.15) is 0 Å². The van der Waals surface area contributed by atoms with Crippen molar-refractivity contribution in [3.8, 4) is 0 Å². The molecule has 4 heteroatoms. The molecule has 0 aromatic carbocycles.